The molecule has 0 saturated heterocycles. The third-order valence-electron chi connectivity index (χ3n) is 5.96. The largest absolute Gasteiger partial charge is 0.416 e. The van der Waals surface area contributed by atoms with Crippen molar-refractivity contribution in [1.82, 2.24) is 20.1 Å². The molecular weight excluding hydrogens is 542 g/mol. The molecule has 4 rings (SSSR count). The molecule has 39 heavy (non-hydrogen) atoms. The molecule has 204 valence electrons. The minimum absolute atomic E-state index is 0.125. The standard InChI is InChI=1S/C27H22F6N4OS/c1-16-6-9-19(12-17(16)2)24(38)34-14-23-35-36-25(37(23)22-5-3-4-21(13-22)27(31,32)33)39-15-18-7-10-20(11-8-18)26(28,29)30/h3-13H,14-15H2,1-2H3,(H,34,38). The first-order valence-electron chi connectivity index (χ1n) is 11.6. The molecule has 1 heterocycles. The maximum atomic E-state index is 13.4. The maximum absolute atomic E-state index is 13.4. The summed E-state index contributed by atoms with van der Waals surface area (Å²) < 4.78 is 80.2. The van der Waals surface area contributed by atoms with Gasteiger partial charge in [0.25, 0.3) is 5.91 Å². The lowest BCUT2D eigenvalue weighted by Gasteiger charge is -2.14. The summed E-state index contributed by atoms with van der Waals surface area (Å²) in [5.41, 5.74) is 1.38. The maximum Gasteiger partial charge on any atom is 0.416 e. The number of carbonyl (C=O) groups excluding carboxylic acids is 1. The highest BCUT2D eigenvalue weighted by atomic mass is 32.2. The van der Waals surface area contributed by atoms with Crippen molar-refractivity contribution >= 4 is 17.7 Å². The number of halogens is 6. The average Bonchev–Trinajstić information content (AvgIpc) is 3.29. The molecule has 0 radical (unpaired) electrons. The second-order valence-corrected chi connectivity index (χ2v) is 9.69. The molecule has 3 aromatic carbocycles. The second-order valence-electron chi connectivity index (χ2n) is 8.75. The summed E-state index contributed by atoms with van der Waals surface area (Å²) in [7, 11) is 0. The van der Waals surface area contributed by atoms with Crippen LogP contribution >= 0.6 is 11.8 Å². The lowest BCUT2D eigenvalue weighted by molar-refractivity contribution is -0.138. The summed E-state index contributed by atoms with van der Waals surface area (Å²) in [6.07, 6.45) is -9.05. The molecule has 0 aliphatic carbocycles. The van der Waals surface area contributed by atoms with Crippen molar-refractivity contribution in [2.45, 2.75) is 43.7 Å². The van der Waals surface area contributed by atoms with Gasteiger partial charge in [0.05, 0.1) is 23.4 Å². The molecule has 0 fully saturated rings. The van der Waals surface area contributed by atoms with Crippen LogP contribution in [0.25, 0.3) is 5.69 Å². The van der Waals surface area contributed by atoms with Crippen LogP contribution in [0, 0.1) is 13.8 Å². The van der Waals surface area contributed by atoms with Crippen molar-refractivity contribution in [1.29, 1.82) is 0 Å². The number of carbonyl (C=O) groups is 1. The van der Waals surface area contributed by atoms with Gasteiger partial charge in [0.2, 0.25) is 0 Å². The smallest absolute Gasteiger partial charge is 0.345 e. The van der Waals surface area contributed by atoms with E-state index in [1.807, 2.05) is 19.9 Å². The summed E-state index contributed by atoms with van der Waals surface area (Å²) in [6.45, 7) is 3.66. The predicted octanol–water partition coefficient (Wildman–Crippen LogP) is 7.14. The fraction of sp³-hybridized carbons (Fsp3) is 0.222. The summed E-state index contributed by atoms with van der Waals surface area (Å²) >= 11 is 1.09. The fourth-order valence-corrected chi connectivity index (χ4v) is 4.60. The van der Waals surface area contributed by atoms with E-state index in [0.29, 0.717) is 11.1 Å². The van der Waals surface area contributed by atoms with E-state index in [2.05, 4.69) is 15.5 Å². The van der Waals surface area contributed by atoms with Crippen molar-refractivity contribution in [3.05, 3.63) is 106 Å². The second kappa shape index (κ2) is 11.1. The van der Waals surface area contributed by atoms with E-state index in [-0.39, 0.29) is 29.0 Å². The monoisotopic (exact) mass is 564 g/mol. The minimum Gasteiger partial charge on any atom is -0.345 e. The van der Waals surface area contributed by atoms with E-state index in [1.165, 1.54) is 28.8 Å². The van der Waals surface area contributed by atoms with Crippen LogP contribution in [0.3, 0.4) is 0 Å². The van der Waals surface area contributed by atoms with Gasteiger partial charge in [0, 0.05) is 11.3 Å². The van der Waals surface area contributed by atoms with Crippen LogP contribution in [0.1, 0.15) is 44.0 Å². The summed E-state index contributed by atoms with van der Waals surface area (Å²) in [4.78, 5) is 12.7. The summed E-state index contributed by atoms with van der Waals surface area (Å²) in [5, 5.41) is 11.1. The molecular formula is C27H22F6N4OS. The molecule has 1 N–H and O–H groups in total. The number of amides is 1. The van der Waals surface area contributed by atoms with E-state index >= 15 is 0 Å². The van der Waals surface area contributed by atoms with Crippen molar-refractivity contribution in [3.63, 3.8) is 0 Å². The molecule has 0 saturated carbocycles. The van der Waals surface area contributed by atoms with E-state index in [0.717, 1.165) is 47.2 Å². The molecule has 5 nitrogen and oxygen atoms in total. The van der Waals surface area contributed by atoms with Gasteiger partial charge in [-0.3, -0.25) is 9.36 Å². The Kier molecular flexibility index (Phi) is 8.05. The van der Waals surface area contributed by atoms with Gasteiger partial charge < -0.3 is 5.32 Å². The number of nitrogens with zero attached hydrogens (tertiary/aromatic N) is 3. The van der Waals surface area contributed by atoms with Gasteiger partial charge in [-0.25, -0.2) is 0 Å². The summed E-state index contributed by atoms with van der Waals surface area (Å²) in [6, 6.07) is 14.4. The predicted molar refractivity (Wildman–Crippen MR) is 134 cm³/mol. The Morgan fingerprint density at radius 1 is 0.846 bits per heavy atom. The Labute approximate surface area is 224 Å². The molecule has 0 aliphatic rings. The number of aryl methyl sites for hydroxylation is 2. The molecule has 0 aliphatic heterocycles. The number of aromatic nitrogens is 3. The Morgan fingerprint density at radius 3 is 2.18 bits per heavy atom. The van der Waals surface area contributed by atoms with Crippen LogP contribution in [0.2, 0.25) is 0 Å². The molecule has 4 aromatic rings. The number of thioether (sulfide) groups is 1. The Morgan fingerprint density at radius 2 is 1.54 bits per heavy atom. The highest BCUT2D eigenvalue weighted by Gasteiger charge is 2.31. The number of alkyl halides is 6. The average molecular weight is 565 g/mol. The lowest BCUT2D eigenvalue weighted by Crippen LogP contribution is -2.25. The fourth-order valence-electron chi connectivity index (χ4n) is 3.67. The van der Waals surface area contributed by atoms with Crippen LogP contribution in [-0.2, 0) is 24.7 Å². The first-order valence-corrected chi connectivity index (χ1v) is 12.6. The van der Waals surface area contributed by atoms with E-state index < -0.39 is 29.4 Å². The third-order valence-corrected chi connectivity index (χ3v) is 6.96. The molecule has 0 atom stereocenters. The third kappa shape index (κ3) is 6.80. The zero-order valence-corrected chi connectivity index (χ0v) is 21.5. The first-order chi connectivity index (χ1) is 18.3. The zero-order chi connectivity index (χ0) is 28.4. The quantitative estimate of drug-likeness (QED) is 0.191. The van der Waals surface area contributed by atoms with Gasteiger partial charge in [0.15, 0.2) is 11.0 Å². The highest BCUT2D eigenvalue weighted by molar-refractivity contribution is 7.98. The van der Waals surface area contributed by atoms with E-state index in [4.69, 9.17) is 0 Å². The Bertz CT molecular complexity index is 1480. The Balaban J connectivity index is 1.61. The van der Waals surface area contributed by atoms with Crippen LogP contribution < -0.4 is 5.32 Å². The molecule has 0 unspecified atom stereocenters. The zero-order valence-electron chi connectivity index (χ0n) is 20.7. The molecule has 0 bridgehead atoms. The van der Waals surface area contributed by atoms with Crippen LogP contribution in [-0.4, -0.2) is 20.7 Å². The minimum atomic E-state index is -4.59. The van der Waals surface area contributed by atoms with Gasteiger partial charge >= 0.3 is 12.4 Å². The number of nitrogens with one attached hydrogen (secondary N) is 1. The first kappa shape index (κ1) is 28.2. The Hall–Kier alpha value is -3.80. The SMILES string of the molecule is Cc1ccc(C(=O)NCc2nnc(SCc3ccc(C(F)(F)F)cc3)n2-c2cccc(C(F)(F)F)c2)cc1C. The molecule has 1 aromatic heterocycles. The van der Waals surface area contributed by atoms with Gasteiger partial charge in [-0.05, 0) is 73.0 Å². The highest BCUT2D eigenvalue weighted by Crippen LogP contribution is 2.33. The topological polar surface area (TPSA) is 59.8 Å². The van der Waals surface area contributed by atoms with Gasteiger partial charge in [-0.2, -0.15) is 26.3 Å². The molecule has 12 heteroatoms. The van der Waals surface area contributed by atoms with Crippen molar-refractivity contribution in [3.8, 4) is 5.69 Å². The van der Waals surface area contributed by atoms with Crippen molar-refractivity contribution < 1.29 is 31.1 Å². The number of benzene rings is 3. The van der Waals surface area contributed by atoms with Gasteiger partial charge in [-0.15, -0.1) is 10.2 Å². The number of hydrogen-bond donors (Lipinski definition) is 1. The molecule has 1 amide bonds. The van der Waals surface area contributed by atoms with Gasteiger partial charge in [-0.1, -0.05) is 36.0 Å². The van der Waals surface area contributed by atoms with Crippen LogP contribution in [0.4, 0.5) is 26.3 Å². The van der Waals surface area contributed by atoms with Gasteiger partial charge in [0.1, 0.15) is 0 Å². The normalized spacial score (nSPS) is 12.0. The van der Waals surface area contributed by atoms with Crippen LogP contribution in [0.15, 0.2) is 71.9 Å². The summed E-state index contributed by atoms with van der Waals surface area (Å²) in [5.74, 6) is -0.0263. The molecule has 0 spiro atoms. The van der Waals surface area contributed by atoms with E-state index in [9.17, 15) is 31.1 Å². The van der Waals surface area contributed by atoms with Crippen molar-refractivity contribution in [2.75, 3.05) is 0 Å². The van der Waals surface area contributed by atoms with E-state index in [1.54, 1.807) is 12.1 Å². The number of hydrogen-bond acceptors (Lipinski definition) is 4. The van der Waals surface area contributed by atoms with Crippen LogP contribution in [0.5, 0.6) is 0 Å². The van der Waals surface area contributed by atoms with Crippen molar-refractivity contribution in [2.24, 2.45) is 0 Å². The number of rotatable bonds is 7. The lowest BCUT2D eigenvalue weighted by atomic mass is 10.1.